The number of nitrogens with zero attached hydrogens (tertiary/aromatic N) is 1. The van der Waals surface area contributed by atoms with Crippen molar-refractivity contribution >= 4 is 21.8 Å². The molecule has 1 heteroatoms. The third kappa shape index (κ3) is 3.40. The predicted molar refractivity (Wildman–Crippen MR) is 123 cm³/mol. The summed E-state index contributed by atoms with van der Waals surface area (Å²) in [5.41, 5.74) is 9.81. The largest absolute Gasteiger partial charge is 0.248 e. The van der Waals surface area contributed by atoms with E-state index in [0.717, 1.165) is 17.5 Å². The van der Waals surface area contributed by atoms with Crippen LogP contribution >= 0.6 is 0 Å². The minimum Gasteiger partial charge on any atom is -0.248 e. The molecule has 5 rings (SSSR count). The molecule has 1 aromatic heterocycles. The molecule has 0 saturated carbocycles. The quantitative estimate of drug-likeness (QED) is 0.303. The molecule has 0 aliphatic rings. The molecule has 1 heterocycles. The van der Waals surface area contributed by atoms with Gasteiger partial charge in [0.1, 0.15) is 0 Å². The van der Waals surface area contributed by atoms with Gasteiger partial charge in [0.05, 0.1) is 11.0 Å². The van der Waals surface area contributed by atoms with Crippen molar-refractivity contribution in [3.8, 4) is 11.1 Å². The maximum atomic E-state index is 4.92. The first-order chi connectivity index (χ1) is 14.2. The summed E-state index contributed by atoms with van der Waals surface area (Å²) in [6.07, 6.45) is 0.956. The molecule has 1 nitrogen and oxygen atoms in total. The van der Waals surface area contributed by atoms with Crippen molar-refractivity contribution in [2.45, 2.75) is 20.3 Å². The highest BCUT2D eigenvalue weighted by Crippen LogP contribution is 2.36. The molecule has 29 heavy (non-hydrogen) atoms. The van der Waals surface area contributed by atoms with Crippen LogP contribution in [0.25, 0.3) is 32.9 Å². The third-order valence-electron chi connectivity index (χ3n) is 5.58. The molecule has 0 radical (unpaired) electrons. The van der Waals surface area contributed by atoms with Gasteiger partial charge < -0.3 is 0 Å². The van der Waals surface area contributed by atoms with E-state index in [1.54, 1.807) is 0 Å². The van der Waals surface area contributed by atoms with Gasteiger partial charge in [-0.2, -0.15) is 0 Å². The molecule has 0 bridgehead atoms. The summed E-state index contributed by atoms with van der Waals surface area (Å²) in [5.74, 6) is 0. The van der Waals surface area contributed by atoms with Gasteiger partial charge in [-0.15, -0.1) is 0 Å². The van der Waals surface area contributed by atoms with E-state index in [-0.39, 0.29) is 0 Å². The van der Waals surface area contributed by atoms with E-state index in [0.29, 0.717) is 0 Å². The predicted octanol–water partition coefficient (Wildman–Crippen LogP) is 7.26. The van der Waals surface area contributed by atoms with Crippen LogP contribution in [-0.2, 0) is 6.42 Å². The number of pyridine rings is 1. The molecule has 0 unspecified atom stereocenters. The molecule has 0 fully saturated rings. The molecular formula is C28H23N. The number of benzene rings is 4. The molecule has 0 spiro atoms. The number of fused-ring (bicyclic) bond motifs is 2. The van der Waals surface area contributed by atoms with Gasteiger partial charge in [0.25, 0.3) is 0 Å². The summed E-state index contributed by atoms with van der Waals surface area (Å²) in [6, 6.07) is 32.7. The fraction of sp³-hybridized carbons (Fsp3) is 0.107. The highest BCUT2D eigenvalue weighted by molar-refractivity contribution is 6.09. The van der Waals surface area contributed by atoms with E-state index in [9.17, 15) is 0 Å². The van der Waals surface area contributed by atoms with E-state index < -0.39 is 0 Å². The second-order valence-corrected chi connectivity index (χ2v) is 7.89. The topological polar surface area (TPSA) is 12.9 Å². The molecule has 0 aliphatic carbocycles. The summed E-state index contributed by atoms with van der Waals surface area (Å²) in [6.45, 7) is 4.29. The zero-order valence-electron chi connectivity index (χ0n) is 16.8. The lowest BCUT2D eigenvalue weighted by molar-refractivity contribution is 1.19. The summed E-state index contributed by atoms with van der Waals surface area (Å²) < 4.78 is 0. The van der Waals surface area contributed by atoms with E-state index in [4.69, 9.17) is 4.98 Å². The van der Waals surface area contributed by atoms with Crippen molar-refractivity contribution in [2.75, 3.05) is 0 Å². The van der Waals surface area contributed by atoms with Crippen LogP contribution in [0.1, 0.15) is 22.3 Å². The maximum Gasteiger partial charge on any atom is 0.0716 e. The zero-order valence-corrected chi connectivity index (χ0v) is 16.8. The molecule has 0 atom stereocenters. The highest BCUT2D eigenvalue weighted by atomic mass is 14.7. The smallest absolute Gasteiger partial charge is 0.0716 e. The minimum atomic E-state index is 0.956. The van der Waals surface area contributed by atoms with Gasteiger partial charge in [0.2, 0.25) is 0 Å². The first-order valence-electron chi connectivity index (χ1n) is 10.1. The molecule has 0 N–H and O–H groups in total. The fourth-order valence-electron chi connectivity index (χ4n) is 4.10. The average Bonchev–Trinajstić information content (AvgIpc) is 2.74. The van der Waals surface area contributed by atoms with Crippen LogP contribution in [0.4, 0.5) is 0 Å². The number of aryl methyl sites for hydroxylation is 2. The highest BCUT2D eigenvalue weighted by Gasteiger charge is 2.12. The van der Waals surface area contributed by atoms with Gasteiger partial charge in [-0.25, -0.2) is 4.98 Å². The van der Waals surface area contributed by atoms with Crippen LogP contribution in [0.5, 0.6) is 0 Å². The van der Waals surface area contributed by atoms with Crippen LogP contribution in [0.15, 0.2) is 91.0 Å². The van der Waals surface area contributed by atoms with E-state index in [2.05, 4.69) is 105 Å². The second-order valence-electron chi connectivity index (χ2n) is 7.89. The number of aromatic nitrogens is 1. The average molecular weight is 373 g/mol. The molecular weight excluding hydrogens is 350 g/mol. The van der Waals surface area contributed by atoms with Crippen molar-refractivity contribution in [1.29, 1.82) is 0 Å². The third-order valence-corrected chi connectivity index (χ3v) is 5.58. The Morgan fingerprint density at radius 1 is 0.586 bits per heavy atom. The minimum absolute atomic E-state index is 0.956. The lowest BCUT2D eigenvalue weighted by Gasteiger charge is -2.13. The van der Waals surface area contributed by atoms with E-state index in [1.165, 1.54) is 44.2 Å². The molecule has 0 aliphatic heterocycles. The van der Waals surface area contributed by atoms with Gasteiger partial charge in [-0.3, -0.25) is 0 Å². The summed E-state index contributed by atoms with van der Waals surface area (Å²) >= 11 is 0. The first kappa shape index (κ1) is 17.6. The molecule has 5 aromatic rings. The van der Waals surface area contributed by atoms with Crippen LogP contribution in [0, 0.1) is 13.8 Å². The zero-order chi connectivity index (χ0) is 19.8. The van der Waals surface area contributed by atoms with Crippen molar-refractivity contribution < 1.29 is 0 Å². The van der Waals surface area contributed by atoms with Gasteiger partial charge in [-0.05, 0) is 61.2 Å². The lowest BCUT2D eigenvalue weighted by Crippen LogP contribution is -1.92. The number of hydrogen-bond acceptors (Lipinski definition) is 1. The Hall–Kier alpha value is -3.45. The Morgan fingerprint density at radius 3 is 1.72 bits per heavy atom. The van der Waals surface area contributed by atoms with Gasteiger partial charge in [0, 0.05) is 16.3 Å². The standard InChI is InChI=1S/C28H23N/c1-19-8-14-26-24(16-19)28(25-17-20(2)9-15-27(25)29-26)23-12-10-22(11-13-23)18-21-6-4-3-5-7-21/h3-17H,18H2,1-2H3. The molecule has 0 saturated heterocycles. The van der Waals surface area contributed by atoms with Crippen LogP contribution < -0.4 is 0 Å². The van der Waals surface area contributed by atoms with Crippen molar-refractivity contribution in [1.82, 2.24) is 4.98 Å². The van der Waals surface area contributed by atoms with Gasteiger partial charge >= 0.3 is 0 Å². The van der Waals surface area contributed by atoms with Gasteiger partial charge in [0.15, 0.2) is 0 Å². The van der Waals surface area contributed by atoms with Crippen LogP contribution in [0.3, 0.4) is 0 Å². The Bertz CT molecular complexity index is 1260. The molecule has 0 amide bonds. The Balaban J connectivity index is 1.68. The number of rotatable bonds is 3. The van der Waals surface area contributed by atoms with Crippen molar-refractivity contribution in [2.24, 2.45) is 0 Å². The monoisotopic (exact) mass is 373 g/mol. The number of hydrogen-bond donors (Lipinski definition) is 0. The van der Waals surface area contributed by atoms with Gasteiger partial charge in [-0.1, -0.05) is 77.9 Å². The molecule has 140 valence electrons. The van der Waals surface area contributed by atoms with E-state index >= 15 is 0 Å². The van der Waals surface area contributed by atoms with Crippen LogP contribution in [0.2, 0.25) is 0 Å². The SMILES string of the molecule is Cc1ccc2nc3ccc(C)cc3c(-c3ccc(Cc4ccccc4)cc3)c2c1. The van der Waals surface area contributed by atoms with Crippen molar-refractivity contribution in [3.63, 3.8) is 0 Å². The Morgan fingerprint density at radius 2 is 1.14 bits per heavy atom. The summed E-state index contributed by atoms with van der Waals surface area (Å²) in [5, 5.41) is 2.44. The van der Waals surface area contributed by atoms with Crippen LogP contribution in [-0.4, -0.2) is 4.98 Å². The first-order valence-corrected chi connectivity index (χ1v) is 10.1. The maximum absolute atomic E-state index is 4.92. The summed E-state index contributed by atoms with van der Waals surface area (Å²) in [4.78, 5) is 4.92. The fourth-order valence-corrected chi connectivity index (χ4v) is 4.10. The molecule has 4 aromatic carbocycles. The lowest BCUT2D eigenvalue weighted by atomic mass is 9.93. The normalized spacial score (nSPS) is 11.2. The Kier molecular flexibility index (Phi) is 4.37. The second kappa shape index (κ2) is 7.18. The Labute approximate surface area is 171 Å². The van der Waals surface area contributed by atoms with Crippen molar-refractivity contribution in [3.05, 3.63) is 113 Å². The summed E-state index contributed by atoms with van der Waals surface area (Å²) in [7, 11) is 0. The van der Waals surface area contributed by atoms with E-state index in [1.807, 2.05) is 0 Å².